The van der Waals surface area contributed by atoms with Crippen LogP contribution in [-0.4, -0.2) is 31.7 Å². The van der Waals surface area contributed by atoms with Crippen LogP contribution in [0.3, 0.4) is 0 Å². The van der Waals surface area contributed by atoms with Gasteiger partial charge >= 0.3 is 0 Å². The maximum Gasteiger partial charge on any atom is 0.255 e. The number of hydrogen-bond acceptors (Lipinski definition) is 4. The van der Waals surface area contributed by atoms with Gasteiger partial charge in [0, 0.05) is 29.2 Å². The van der Waals surface area contributed by atoms with Crippen LogP contribution in [0.4, 0.5) is 10.1 Å². The topological polar surface area (TPSA) is 66.5 Å². The number of carbonyl (C=O) groups is 1. The Balaban J connectivity index is 1.49. The van der Waals surface area contributed by atoms with Crippen molar-refractivity contribution in [1.82, 2.24) is 4.31 Å². The summed E-state index contributed by atoms with van der Waals surface area (Å²) in [6, 6.07) is 15.9. The highest BCUT2D eigenvalue weighted by Crippen LogP contribution is 2.33. The Hall–Kier alpha value is -2.55. The van der Waals surface area contributed by atoms with Crippen LogP contribution in [0, 0.1) is 5.82 Å². The molecule has 1 aromatic heterocycles. The molecule has 2 aromatic carbocycles. The predicted molar refractivity (Wildman–Crippen MR) is 112 cm³/mol. The second kappa shape index (κ2) is 8.06. The average Bonchev–Trinajstić information content (AvgIpc) is 3.43. The lowest BCUT2D eigenvalue weighted by atomic mass is 10.1. The number of sulfonamides is 1. The Morgan fingerprint density at radius 3 is 2.24 bits per heavy atom. The van der Waals surface area contributed by atoms with Gasteiger partial charge in [-0.3, -0.25) is 4.79 Å². The summed E-state index contributed by atoms with van der Waals surface area (Å²) in [6.45, 7) is 1.15. The Morgan fingerprint density at radius 1 is 0.931 bits per heavy atom. The summed E-state index contributed by atoms with van der Waals surface area (Å²) in [7, 11) is -3.42. The second-order valence-corrected chi connectivity index (χ2v) is 10.0. The molecule has 150 valence electrons. The van der Waals surface area contributed by atoms with Gasteiger partial charge in [-0.25, -0.2) is 12.8 Å². The van der Waals surface area contributed by atoms with Crippen LogP contribution in [0.2, 0.25) is 0 Å². The van der Waals surface area contributed by atoms with Gasteiger partial charge in [-0.05, 0) is 66.9 Å². The van der Waals surface area contributed by atoms with Crippen molar-refractivity contribution < 1.29 is 17.6 Å². The minimum atomic E-state index is -3.42. The zero-order chi connectivity index (χ0) is 20.4. The largest absolute Gasteiger partial charge is 0.322 e. The van der Waals surface area contributed by atoms with Gasteiger partial charge in [-0.2, -0.15) is 4.31 Å². The molecule has 4 rings (SSSR count). The van der Waals surface area contributed by atoms with E-state index in [4.69, 9.17) is 0 Å². The van der Waals surface area contributed by atoms with Crippen LogP contribution in [0.5, 0.6) is 0 Å². The van der Waals surface area contributed by atoms with Gasteiger partial charge in [-0.15, -0.1) is 11.3 Å². The third-order valence-electron chi connectivity index (χ3n) is 4.77. The van der Waals surface area contributed by atoms with Crippen LogP contribution in [-0.2, 0) is 10.0 Å². The first-order valence-corrected chi connectivity index (χ1v) is 11.5. The predicted octanol–water partition coefficient (Wildman–Crippen LogP) is 4.59. The molecule has 1 fully saturated rings. The van der Waals surface area contributed by atoms with Crippen molar-refractivity contribution in [2.45, 2.75) is 17.1 Å². The minimum absolute atomic E-state index is 0.299. The molecule has 8 heteroatoms. The molecule has 0 saturated carbocycles. The van der Waals surface area contributed by atoms with E-state index in [2.05, 4.69) is 5.32 Å². The fourth-order valence-electron chi connectivity index (χ4n) is 3.19. The van der Waals surface area contributed by atoms with E-state index >= 15 is 0 Å². The van der Waals surface area contributed by atoms with Gasteiger partial charge in [0.05, 0.1) is 0 Å². The number of rotatable bonds is 5. The molecule has 1 saturated heterocycles. The van der Waals surface area contributed by atoms with Crippen molar-refractivity contribution in [3.63, 3.8) is 0 Å². The van der Waals surface area contributed by atoms with Crippen molar-refractivity contribution in [3.05, 3.63) is 72.0 Å². The summed E-state index contributed by atoms with van der Waals surface area (Å²) < 4.78 is 40.2. The normalized spacial score (nSPS) is 14.8. The fourth-order valence-corrected chi connectivity index (χ4v) is 6.18. The molecule has 2 heterocycles. The number of halogens is 1. The van der Waals surface area contributed by atoms with Gasteiger partial charge in [-0.1, -0.05) is 12.1 Å². The Kier molecular flexibility index (Phi) is 5.49. The monoisotopic (exact) mass is 430 g/mol. The van der Waals surface area contributed by atoms with Crippen molar-refractivity contribution in [2.75, 3.05) is 18.4 Å². The molecule has 0 radical (unpaired) electrons. The van der Waals surface area contributed by atoms with Gasteiger partial charge in [0.15, 0.2) is 0 Å². The van der Waals surface area contributed by atoms with Gasteiger partial charge in [0.25, 0.3) is 15.9 Å². The number of carbonyl (C=O) groups excluding carboxylic acids is 1. The maximum atomic E-state index is 13.0. The van der Waals surface area contributed by atoms with E-state index < -0.39 is 10.0 Å². The third-order valence-corrected chi connectivity index (χ3v) is 8.27. The lowest BCUT2D eigenvalue weighted by molar-refractivity contribution is 0.102. The summed E-state index contributed by atoms with van der Waals surface area (Å²) in [4.78, 5) is 13.2. The summed E-state index contributed by atoms with van der Waals surface area (Å²) >= 11 is 1.23. The van der Waals surface area contributed by atoms with Crippen molar-refractivity contribution in [2.24, 2.45) is 0 Å². The number of nitrogens with one attached hydrogen (secondary N) is 1. The number of amides is 1. The highest BCUT2D eigenvalue weighted by molar-refractivity contribution is 7.91. The Labute approximate surface area is 172 Å². The molecule has 1 N–H and O–H groups in total. The fraction of sp³-hybridized carbons (Fsp3) is 0.190. The molecule has 0 aliphatic carbocycles. The number of nitrogens with zero attached hydrogens (tertiary/aromatic N) is 1. The molecule has 0 spiro atoms. The lowest BCUT2D eigenvalue weighted by Crippen LogP contribution is -2.27. The van der Waals surface area contributed by atoms with Crippen LogP contribution in [0.1, 0.15) is 23.2 Å². The molecule has 1 aliphatic heterocycles. The van der Waals surface area contributed by atoms with E-state index in [1.54, 1.807) is 36.4 Å². The van der Waals surface area contributed by atoms with E-state index in [0.717, 1.165) is 23.3 Å². The van der Waals surface area contributed by atoms with E-state index in [0.29, 0.717) is 28.5 Å². The zero-order valence-electron chi connectivity index (χ0n) is 15.5. The van der Waals surface area contributed by atoms with Gasteiger partial charge in [0.1, 0.15) is 10.0 Å². The van der Waals surface area contributed by atoms with E-state index in [-0.39, 0.29) is 11.7 Å². The first-order chi connectivity index (χ1) is 13.9. The van der Waals surface area contributed by atoms with E-state index in [9.17, 15) is 17.6 Å². The Bertz CT molecular complexity index is 1120. The lowest BCUT2D eigenvalue weighted by Gasteiger charge is -2.13. The summed E-state index contributed by atoms with van der Waals surface area (Å²) in [5, 5.41) is 2.71. The van der Waals surface area contributed by atoms with E-state index in [1.165, 1.54) is 39.9 Å². The molecule has 5 nitrogen and oxygen atoms in total. The molecular weight excluding hydrogens is 411 g/mol. The zero-order valence-corrected chi connectivity index (χ0v) is 17.1. The summed E-state index contributed by atoms with van der Waals surface area (Å²) in [5.41, 5.74) is 1.81. The van der Waals surface area contributed by atoms with Crippen LogP contribution in [0.25, 0.3) is 10.4 Å². The van der Waals surface area contributed by atoms with Crippen LogP contribution >= 0.6 is 11.3 Å². The second-order valence-electron chi connectivity index (χ2n) is 6.77. The van der Waals surface area contributed by atoms with Gasteiger partial charge in [0.2, 0.25) is 0 Å². The summed E-state index contributed by atoms with van der Waals surface area (Å²) in [5.74, 6) is -0.666. The quantitative estimate of drug-likeness (QED) is 0.644. The molecule has 0 atom stereocenters. The highest BCUT2D eigenvalue weighted by Gasteiger charge is 2.28. The number of benzene rings is 2. The third kappa shape index (κ3) is 4.24. The first kappa shape index (κ1) is 19.8. The van der Waals surface area contributed by atoms with E-state index in [1.807, 2.05) is 0 Å². The van der Waals surface area contributed by atoms with Crippen LogP contribution in [0.15, 0.2) is 64.9 Å². The van der Waals surface area contributed by atoms with Crippen molar-refractivity contribution in [1.29, 1.82) is 0 Å². The molecule has 0 bridgehead atoms. The molecular formula is C21H19FN2O3S2. The SMILES string of the molecule is O=C(Nc1ccc(F)cc1)c1ccc(-c2ccc(S(=O)(=O)N3CCCC3)s2)cc1. The first-order valence-electron chi connectivity index (χ1n) is 9.21. The number of thiophene rings is 1. The smallest absolute Gasteiger partial charge is 0.255 e. The standard InChI is InChI=1S/C21H19FN2O3S2/c22-17-7-9-18(10-8-17)23-21(25)16-5-3-15(4-6-16)19-11-12-20(28-19)29(26,27)24-13-1-2-14-24/h3-12H,1-2,13-14H2,(H,23,25). The Morgan fingerprint density at radius 2 is 1.59 bits per heavy atom. The number of hydrogen-bond donors (Lipinski definition) is 1. The molecule has 0 unspecified atom stereocenters. The van der Waals surface area contributed by atoms with Gasteiger partial charge < -0.3 is 5.32 Å². The molecule has 1 aliphatic rings. The van der Waals surface area contributed by atoms with Crippen molar-refractivity contribution >= 4 is 33.0 Å². The minimum Gasteiger partial charge on any atom is -0.322 e. The van der Waals surface area contributed by atoms with Crippen LogP contribution < -0.4 is 5.32 Å². The highest BCUT2D eigenvalue weighted by atomic mass is 32.2. The summed E-state index contributed by atoms with van der Waals surface area (Å²) in [6.07, 6.45) is 1.80. The molecule has 1 amide bonds. The van der Waals surface area contributed by atoms with Crippen molar-refractivity contribution in [3.8, 4) is 10.4 Å². The molecule has 29 heavy (non-hydrogen) atoms. The maximum absolute atomic E-state index is 13.0. The molecule has 3 aromatic rings. The average molecular weight is 431 g/mol. The number of anilines is 1.